The number of rotatable bonds is 5. The summed E-state index contributed by atoms with van der Waals surface area (Å²) in [6, 6.07) is 7.84. The van der Waals surface area contributed by atoms with Gasteiger partial charge in [0.25, 0.3) is 5.91 Å². The van der Waals surface area contributed by atoms with Crippen LogP contribution in [0, 0.1) is 0 Å². The van der Waals surface area contributed by atoms with Crippen LogP contribution in [-0.2, 0) is 13.0 Å². The first-order valence-corrected chi connectivity index (χ1v) is 6.62. The van der Waals surface area contributed by atoms with E-state index < -0.39 is 18.5 Å². The van der Waals surface area contributed by atoms with Crippen LogP contribution in [0.1, 0.15) is 28.1 Å². The summed E-state index contributed by atoms with van der Waals surface area (Å²) in [6.45, 7) is 0.181. The lowest BCUT2D eigenvalue weighted by atomic mass is 10.1. The van der Waals surface area contributed by atoms with E-state index in [9.17, 15) is 18.0 Å². The standard InChI is InChI=1S/C15H15F3N2O2.ClH/c16-15(17,18)5-4-10-2-1-3-12(6-10)20-14(21)11-7-13(8-19)22-9-11;/h1-3,6-7,9H,4-5,8,19H2,(H,20,21);1H. The second-order valence-corrected chi connectivity index (χ2v) is 4.78. The molecule has 1 aromatic heterocycles. The van der Waals surface area contributed by atoms with E-state index in [1.807, 2.05) is 0 Å². The largest absolute Gasteiger partial charge is 0.467 e. The Balaban J connectivity index is 0.00000264. The van der Waals surface area contributed by atoms with E-state index in [-0.39, 0.29) is 25.4 Å². The summed E-state index contributed by atoms with van der Waals surface area (Å²) < 4.78 is 41.7. The first-order chi connectivity index (χ1) is 10.4. The molecule has 0 atom stereocenters. The van der Waals surface area contributed by atoms with Gasteiger partial charge in [-0.05, 0) is 30.2 Å². The van der Waals surface area contributed by atoms with Crippen molar-refractivity contribution in [3.63, 3.8) is 0 Å². The van der Waals surface area contributed by atoms with Gasteiger partial charge in [-0.15, -0.1) is 12.4 Å². The Bertz CT molecular complexity index is 656. The summed E-state index contributed by atoms with van der Waals surface area (Å²) in [5.74, 6) is 0.0699. The highest BCUT2D eigenvalue weighted by atomic mass is 35.5. The van der Waals surface area contributed by atoms with Crippen molar-refractivity contribution >= 4 is 24.0 Å². The minimum atomic E-state index is -4.20. The molecular weight excluding hydrogens is 333 g/mol. The summed E-state index contributed by atoms with van der Waals surface area (Å²) in [6.07, 6.45) is -3.94. The SMILES string of the molecule is Cl.NCc1cc(C(=O)Nc2cccc(CCC(F)(F)F)c2)co1. The molecule has 0 aliphatic heterocycles. The number of amides is 1. The smallest absolute Gasteiger partial charge is 0.389 e. The highest BCUT2D eigenvalue weighted by Gasteiger charge is 2.26. The fourth-order valence-corrected chi connectivity index (χ4v) is 1.90. The zero-order chi connectivity index (χ0) is 16.2. The van der Waals surface area contributed by atoms with Crippen LogP contribution in [0.25, 0.3) is 0 Å². The molecule has 0 saturated heterocycles. The number of carbonyl (C=O) groups excluding carboxylic acids is 1. The maximum Gasteiger partial charge on any atom is 0.389 e. The van der Waals surface area contributed by atoms with Gasteiger partial charge in [0.05, 0.1) is 12.1 Å². The predicted molar refractivity (Wildman–Crippen MR) is 82.6 cm³/mol. The molecular formula is C15H16ClF3N2O2. The van der Waals surface area contributed by atoms with Gasteiger partial charge >= 0.3 is 6.18 Å². The third kappa shape index (κ3) is 5.96. The van der Waals surface area contributed by atoms with Gasteiger partial charge < -0.3 is 15.5 Å². The van der Waals surface area contributed by atoms with E-state index in [0.717, 1.165) is 0 Å². The summed E-state index contributed by atoms with van der Waals surface area (Å²) >= 11 is 0. The molecule has 0 radical (unpaired) electrons. The number of aryl methyl sites for hydroxylation is 1. The molecule has 2 aromatic rings. The van der Waals surface area contributed by atoms with Gasteiger partial charge in [0.2, 0.25) is 0 Å². The van der Waals surface area contributed by atoms with Gasteiger partial charge in [0, 0.05) is 12.1 Å². The molecule has 1 heterocycles. The van der Waals surface area contributed by atoms with Crippen LogP contribution in [0.15, 0.2) is 41.0 Å². The van der Waals surface area contributed by atoms with Crippen LogP contribution < -0.4 is 11.1 Å². The van der Waals surface area contributed by atoms with Crippen LogP contribution in [0.2, 0.25) is 0 Å². The third-order valence-electron chi connectivity index (χ3n) is 3.00. The van der Waals surface area contributed by atoms with Crippen LogP contribution in [0.3, 0.4) is 0 Å². The van der Waals surface area contributed by atoms with Crippen molar-refractivity contribution in [2.75, 3.05) is 5.32 Å². The third-order valence-corrected chi connectivity index (χ3v) is 3.00. The van der Waals surface area contributed by atoms with Crippen LogP contribution in [0.4, 0.5) is 18.9 Å². The van der Waals surface area contributed by atoms with E-state index >= 15 is 0 Å². The van der Waals surface area contributed by atoms with Crippen LogP contribution in [0.5, 0.6) is 0 Å². The molecule has 0 aliphatic carbocycles. The molecule has 0 saturated carbocycles. The van der Waals surface area contributed by atoms with E-state index in [1.54, 1.807) is 18.2 Å². The molecule has 8 heteroatoms. The topological polar surface area (TPSA) is 68.3 Å². The number of hydrogen-bond acceptors (Lipinski definition) is 3. The fourth-order valence-electron chi connectivity index (χ4n) is 1.90. The fraction of sp³-hybridized carbons (Fsp3) is 0.267. The molecule has 0 fully saturated rings. The van der Waals surface area contributed by atoms with Crippen LogP contribution in [-0.4, -0.2) is 12.1 Å². The number of nitrogens with two attached hydrogens (primary N) is 1. The quantitative estimate of drug-likeness (QED) is 0.860. The van der Waals surface area contributed by atoms with Crippen molar-refractivity contribution in [3.8, 4) is 0 Å². The molecule has 0 unspecified atom stereocenters. The summed E-state index contributed by atoms with van der Waals surface area (Å²) in [5, 5.41) is 2.61. The molecule has 4 nitrogen and oxygen atoms in total. The van der Waals surface area contributed by atoms with Gasteiger partial charge in [-0.3, -0.25) is 4.79 Å². The molecule has 2 rings (SSSR count). The second kappa shape index (κ2) is 8.03. The summed E-state index contributed by atoms with van der Waals surface area (Å²) in [4.78, 5) is 12.0. The average Bonchev–Trinajstić information content (AvgIpc) is 2.94. The number of anilines is 1. The molecule has 126 valence electrons. The minimum absolute atomic E-state index is 0. The highest BCUT2D eigenvalue weighted by molar-refractivity contribution is 6.04. The van der Waals surface area contributed by atoms with E-state index in [4.69, 9.17) is 10.2 Å². The van der Waals surface area contributed by atoms with Crippen molar-refractivity contribution in [1.29, 1.82) is 0 Å². The monoisotopic (exact) mass is 348 g/mol. The Morgan fingerprint density at radius 3 is 2.61 bits per heavy atom. The Morgan fingerprint density at radius 1 is 1.26 bits per heavy atom. The van der Waals surface area contributed by atoms with Gasteiger partial charge in [-0.25, -0.2) is 0 Å². The predicted octanol–water partition coefficient (Wildman–Crippen LogP) is 3.91. The van der Waals surface area contributed by atoms with E-state index in [1.165, 1.54) is 18.4 Å². The van der Waals surface area contributed by atoms with Crippen molar-refractivity contribution in [2.45, 2.75) is 25.6 Å². The van der Waals surface area contributed by atoms with Crippen molar-refractivity contribution in [2.24, 2.45) is 5.73 Å². The zero-order valence-corrected chi connectivity index (χ0v) is 12.8. The lowest BCUT2D eigenvalue weighted by molar-refractivity contribution is -0.134. The van der Waals surface area contributed by atoms with Gasteiger partial charge in [0.1, 0.15) is 12.0 Å². The number of furan rings is 1. The molecule has 0 aliphatic rings. The molecule has 1 aromatic carbocycles. The molecule has 23 heavy (non-hydrogen) atoms. The molecule has 3 N–H and O–H groups in total. The maximum atomic E-state index is 12.2. The number of hydrogen-bond donors (Lipinski definition) is 2. The summed E-state index contributed by atoms with van der Waals surface area (Å²) in [5.41, 5.74) is 6.63. The summed E-state index contributed by atoms with van der Waals surface area (Å²) in [7, 11) is 0. The number of carbonyl (C=O) groups is 1. The Morgan fingerprint density at radius 2 is 2.00 bits per heavy atom. The molecule has 0 spiro atoms. The maximum absolute atomic E-state index is 12.2. The lowest BCUT2D eigenvalue weighted by Gasteiger charge is -2.08. The Kier molecular flexibility index (Phi) is 6.65. The van der Waals surface area contributed by atoms with Crippen molar-refractivity contribution < 1.29 is 22.4 Å². The van der Waals surface area contributed by atoms with Crippen LogP contribution >= 0.6 is 12.4 Å². The van der Waals surface area contributed by atoms with E-state index in [2.05, 4.69) is 5.32 Å². The first kappa shape index (κ1) is 19.1. The number of benzene rings is 1. The molecule has 0 bridgehead atoms. The number of halogens is 4. The second-order valence-electron chi connectivity index (χ2n) is 4.78. The number of alkyl halides is 3. The number of nitrogens with one attached hydrogen (secondary N) is 1. The molecule has 1 amide bonds. The van der Waals surface area contributed by atoms with E-state index in [0.29, 0.717) is 22.6 Å². The van der Waals surface area contributed by atoms with Crippen molar-refractivity contribution in [3.05, 3.63) is 53.5 Å². The van der Waals surface area contributed by atoms with Gasteiger partial charge in [-0.1, -0.05) is 12.1 Å². The lowest BCUT2D eigenvalue weighted by Crippen LogP contribution is -2.12. The first-order valence-electron chi connectivity index (χ1n) is 6.62. The highest BCUT2D eigenvalue weighted by Crippen LogP contribution is 2.23. The minimum Gasteiger partial charge on any atom is -0.467 e. The Hall–Kier alpha value is -1.99. The van der Waals surface area contributed by atoms with Gasteiger partial charge in [0.15, 0.2) is 0 Å². The van der Waals surface area contributed by atoms with Crippen molar-refractivity contribution in [1.82, 2.24) is 0 Å². The Labute approximate surface area is 137 Å². The average molecular weight is 349 g/mol. The van der Waals surface area contributed by atoms with Gasteiger partial charge in [-0.2, -0.15) is 13.2 Å². The zero-order valence-electron chi connectivity index (χ0n) is 12.0. The normalized spacial score (nSPS) is 11.0.